The van der Waals surface area contributed by atoms with Gasteiger partial charge in [-0.3, -0.25) is 14.9 Å². The number of nitrogens with one attached hydrogen (secondary N) is 1. The van der Waals surface area contributed by atoms with Gasteiger partial charge in [-0.25, -0.2) is 4.98 Å². The van der Waals surface area contributed by atoms with E-state index in [1.807, 2.05) is 18.2 Å². The minimum absolute atomic E-state index is 0.263. The lowest BCUT2D eigenvalue weighted by atomic mass is 10.1. The fourth-order valence-electron chi connectivity index (χ4n) is 2.60. The van der Waals surface area contributed by atoms with Crippen LogP contribution in [0.15, 0.2) is 59.1 Å². The number of anilines is 1. The Labute approximate surface area is 146 Å². The van der Waals surface area contributed by atoms with Crippen LogP contribution in [0.2, 0.25) is 0 Å². The van der Waals surface area contributed by atoms with Crippen molar-refractivity contribution in [3.05, 3.63) is 70.2 Å². The number of hydrogen-bond donors (Lipinski definition) is 1. The second kappa shape index (κ2) is 5.99. The van der Waals surface area contributed by atoms with E-state index in [1.54, 1.807) is 47.7 Å². The smallest absolute Gasteiger partial charge is 0.282 e. The minimum atomic E-state index is -0.353. The molecule has 1 amide bonds. The molecular weight excluding hydrogens is 338 g/mol. The van der Waals surface area contributed by atoms with E-state index in [0.717, 1.165) is 0 Å². The van der Waals surface area contributed by atoms with Gasteiger partial charge in [0.05, 0.1) is 16.8 Å². The lowest BCUT2D eigenvalue weighted by Crippen LogP contribution is -2.16. The predicted octanol–water partition coefficient (Wildman–Crippen LogP) is 2.38. The van der Waals surface area contributed by atoms with Crippen molar-refractivity contribution >= 4 is 22.4 Å². The molecule has 0 saturated heterocycles. The number of fused-ring (bicyclic) bond motifs is 1. The van der Waals surface area contributed by atoms with Gasteiger partial charge in [-0.2, -0.15) is 9.78 Å². The minimum Gasteiger partial charge on any atom is -0.356 e. The first-order valence-corrected chi connectivity index (χ1v) is 8.37. The number of carbonyl (C=O) groups excluding carboxylic acids is 1. The summed E-state index contributed by atoms with van der Waals surface area (Å²) in [7, 11) is 1.76. The first-order chi connectivity index (χ1) is 12.1. The number of nitrogens with zero attached hydrogens (tertiary/aromatic N) is 4. The Bertz CT molecular complexity index is 1070. The van der Waals surface area contributed by atoms with Gasteiger partial charge in [-0.15, -0.1) is 11.3 Å². The molecule has 1 aromatic carbocycles. The van der Waals surface area contributed by atoms with Gasteiger partial charge < -0.3 is 4.57 Å². The van der Waals surface area contributed by atoms with Crippen LogP contribution < -0.4 is 10.9 Å². The highest BCUT2D eigenvalue weighted by atomic mass is 32.1. The number of hydrogen-bond acceptors (Lipinski definition) is 5. The number of rotatable bonds is 3. The lowest BCUT2D eigenvalue weighted by molar-refractivity contribution is 0.102. The standard InChI is InChI=1S/C17H13N5O2S/c1-21-9-12(15(23)19-17-18-7-8-25-17)14-13(10-21)16(24)22(20-14)11-5-3-2-4-6-11/h2-10H,1H3,(H,18,19,23). The molecule has 1 aromatic heterocycles. The number of carbonyl (C=O) groups is 1. The third kappa shape index (κ3) is 2.72. The van der Waals surface area contributed by atoms with Crippen molar-refractivity contribution in [2.75, 3.05) is 5.32 Å². The highest BCUT2D eigenvalue weighted by Gasteiger charge is 2.24. The molecule has 1 N–H and O–H groups in total. The molecule has 0 atom stereocenters. The summed E-state index contributed by atoms with van der Waals surface area (Å²) in [6.07, 6.45) is 4.93. The SMILES string of the molecule is Cn1cc(C(=O)Nc2nccs2)c2nn(-c3ccccc3)c(=O)c-2c1. The van der Waals surface area contributed by atoms with Crippen LogP contribution in [-0.4, -0.2) is 25.2 Å². The number of benzene rings is 1. The van der Waals surface area contributed by atoms with Crippen LogP contribution in [0, 0.1) is 0 Å². The first kappa shape index (κ1) is 15.3. The molecule has 0 unspecified atom stereocenters. The van der Waals surface area contributed by atoms with Crippen LogP contribution in [0.5, 0.6) is 0 Å². The molecule has 0 saturated carbocycles. The molecule has 0 fully saturated rings. The fraction of sp³-hybridized carbons (Fsp3) is 0.0588. The summed E-state index contributed by atoms with van der Waals surface area (Å²) < 4.78 is 2.99. The molecule has 2 aromatic rings. The van der Waals surface area contributed by atoms with Crippen LogP contribution >= 0.6 is 11.3 Å². The Hall–Kier alpha value is -3.26. The summed E-state index contributed by atoms with van der Waals surface area (Å²) in [5, 5.41) is 9.39. The largest absolute Gasteiger partial charge is 0.356 e. The molecule has 3 heterocycles. The van der Waals surface area contributed by atoms with Crippen molar-refractivity contribution in [1.29, 1.82) is 0 Å². The summed E-state index contributed by atoms with van der Waals surface area (Å²) in [5.74, 6) is -0.353. The molecule has 2 aliphatic heterocycles. The summed E-state index contributed by atoms with van der Waals surface area (Å²) >= 11 is 1.32. The van der Waals surface area contributed by atoms with Crippen molar-refractivity contribution in [1.82, 2.24) is 19.3 Å². The number of para-hydroxylation sites is 1. The van der Waals surface area contributed by atoms with Crippen LogP contribution in [0.3, 0.4) is 0 Å². The molecule has 0 spiro atoms. The normalized spacial score (nSPS) is 10.9. The Morgan fingerprint density at radius 2 is 2.00 bits per heavy atom. The first-order valence-electron chi connectivity index (χ1n) is 7.49. The van der Waals surface area contributed by atoms with E-state index in [9.17, 15) is 9.59 Å². The molecule has 0 aliphatic carbocycles. The van der Waals surface area contributed by atoms with Crippen LogP contribution in [0.25, 0.3) is 16.9 Å². The van der Waals surface area contributed by atoms with Gasteiger partial charge in [0.1, 0.15) is 5.69 Å². The third-order valence-electron chi connectivity index (χ3n) is 3.70. The highest BCUT2D eigenvalue weighted by Crippen LogP contribution is 2.23. The second-order valence-corrected chi connectivity index (χ2v) is 6.34. The van der Waals surface area contributed by atoms with E-state index in [1.165, 1.54) is 16.0 Å². The number of pyridine rings is 1. The van der Waals surface area contributed by atoms with Gasteiger partial charge >= 0.3 is 0 Å². The second-order valence-electron chi connectivity index (χ2n) is 5.44. The van der Waals surface area contributed by atoms with Crippen LogP contribution in [0.4, 0.5) is 5.13 Å². The van der Waals surface area contributed by atoms with Crippen LogP contribution in [0.1, 0.15) is 10.4 Å². The van der Waals surface area contributed by atoms with Gasteiger partial charge in [-0.1, -0.05) is 18.2 Å². The lowest BCUT2D eigenvalue weighted by Gasteiger charge is -2.08. The maximum atomic E-state index is 12.7. The molecule has 124 valence electrons. The van der Waals surface area contributed by atoms with E-state index in [4.69, 9.17) is 0 Å². The van der Waals surface area contributed by atoms with Crippen molar-refractivity contribution in [2.45, 2.75) is 0 Å². The maximum absolute atomic E-state index is 12.7. The molecule has 4 rings (SSSR count). The van der Waals surface area contributed by atoms with Crippen molar-refractivity contribution in [2.24, 2.45) is 7.05 Å². The topological polar surface area (TPSA) is 81.8 Å². The van der Waals surface area contributed by atoms with Gasteiger partial charge in [0.15, 0.2) is 5.13 Å². The number of amides is 1. The monoisotopic (exact) mass is 351 g/mol. The van der Waals surface area contributed by atoms with E-state index in [-0.39, 0.29) is 11.5 Å². The average molecular weight is 351 g/mol. The van der Waals surface area contributed by atoms with Crippen molar-refractivity contribution < 1.29 is 4.79 Å². The summed E-state index contributed by atoms with van der Waals surface area (Å²) in [4.78, 5) is 29.4. The van der Waals surface area contributed by atoms with Gasteiger partial charge in [0, 0.05) is 31.0 Å². The highest BCUT2D eigenvalue weighted by molar-refractivity contribution is 7.13. The summed E-state index contributed by atoms with van der Waals surface area (Å²) in [6.45, 7) is 0. The fourth-order valence-corrected chi connectivity index (χ4v) is 3.12. The Morgan fingerprint density at radius 1 is 1.20 bits per heavy atom. The zero-order valence-electron chi connectivity index (χ0n) is 13.2. The van der Waals surface area contributed by atoms with E-state index in [2.05, 4.69) is 15.4 Å². The van der Waals surface area contributed by atoms with Gasteiger partial charge in [0.25, 0.3) is 11.5 Å². The zero-order chi connectivity index (χ0) is 17.4. The van der Waals surface area contributed by atoms with Crippen molar-refractivity contribution in [3.63, 3.8) is 0 Å². The molecule has 2 aliphatic rings. The Morgan fingerprint density at radius 3 is 2.72 bits per heavy atom. The molecule has 25 heavy (non-hydrogen) atoms. The molecule has 0 bridgehead atoms. The zero-order valence-corrected chi connectivity index (χ0v) is 14.0. The quantitative estimate of drug-likeness (QED) is 0.614. The Kier molecular flexibility index (Phi) is 3.66. The van der Waals surface area contributed by atoms with E-state index >= 15 is 0 Å². The predicted molar refractivity (Wildman–Crippen MR) is 95.5 cm³/mol. The molecular formula is C17H13N5O2S. The third-order valence-corrected chi connectivity index (χ3v) is 4.39. The molecule has 7 nitrogen and oxygen atoms in total. The van der Waals surface area contributed by atoms with Crippen LogP contribution in [-0.2, 0) is 7.05 Å². The number of aromatic nitrogens is 4. The maximum Gasteiger partial charge on any atom is 0.282 e. The van der Waals surface area contributed by atoms with Crippen molar-refractivity contribution in [3.8, 4) is 16.9 Å². The molecule has 8 heteroatoms. The number of aryl methyl sites for hydroxylation is 1. The van der Waals surface area contributed by atoms with E-state index < -0.39 is 0 Å². The Balaban J connectivity index is 1.85. The van der Waals surface area contributed by atoms with E-state index in [0.29, 0.717) is 27.6 Å². The van der Waals surface area contributed by atoms with Gasteiger partial charge in [-0.05, 0) is 12.1 Å². The summed E-state index contributed by atoms with van der Waals surface area (Å²) in [6, 6.07) is 9.11. The van der Waals surface area contributed by atoms with Gasteiger partial charge in [0.2, 0.25) is 0 Å². The number of thiazole rings is 1. The molecule has 0 radical (unpaired) electrons. The summed E-state index contributed by atoms with van der Waals surface area (Å²) in [5.41, 5.74) is 1.46. The average Bonchev–Trinajstić information content (AvgIpc) is 3.24.